The van der Waals surface area contributed by atoms with E-state index in [2.05, 4.69) is 0 Å². The zero-order valence-corrected chi connectivity index (χ0v) is 41.3. The van der Waals surface area contributed by atoms with Gasteiger partial charge in [-0.05, 0) is 0 Å². The highest BCUT2D eigenvalue weighted by Crippen LogP contribution is 2.40. The fourth-order valence-electron chi connectivity index (χ4n) is 10.2. The van der Waals surface area contributed by atoms with Crippen LogP contribution < -0.4 is 0 Å². The average Bonchev–Trinajstić information content (AvgIpc) is 3.78. The number of methoxy groups -OCH3 is 13. The van der Waals surface area contributed by atoms with Crippen molar-refractivity contribution in [2.45, 2.75) is 154 Å². The highest BCUT2D eigenvalue weighted by molar-refractivity contribution is 5.02. The first-order chi connectivity index (χ1) is 33.0. The molecule has 2 N–H and O–H groups in total. The molecule has 68 heavy (non-hydrogen) atoms. The zero-order valence-electron chi connectivity index (χ0n) is 41.3. The molecule has 25 nitrogen and oxygen atoms in total. The molecule has 6 heterocycles. The summed E-state index contributed by atoms with van der Waals surface area (Å²) in [5.74, 6) is 0. The summed E-state index contributed by atoms with van der Waals surface area (Å²) in [6, 6.07) is 0. The highest BCUT2D eigenvalue weighted by Gasteiger charge is 2.59. The van der Waals surface area contributed by atoms with Gasteiger partial charge in [-0.1, -0.05) is 0 Å². The molecule has 398 valence electrons. The molecule has 0 saturated carbocycles. The molecule has 0 spiro atoms. The van der Waals surface area contributed by atoms with E-state index in [0.717, 1.165) is 0 Å². The molecule has 0 radical (unpaired) electrons. The van der Waals surface area contributed by atoms with Crippen molar-refractivity contribution in [1.82, 2.24) is 0 Å². The predicted octanol–water partition coefficient (Wildman–Crippen LogP) is -2.38. The SMILES string of the molecule is COCC1O[C@@H](O[C@@H]2C(COC)O[C@@H](O[C@H]3C(OC)C(OC)[C@@H]4OC[C@@H]3O4)[C@@H](OC)C2OC)[C@@H](OC)C(OC)[C@@H]1O[C@@H]1O[C@@H](COC)[C@@H](O[C@H]2O[C@@H](CO)[C@@H](O)C(OC)C2OC)C(OC)C1OC. The maximum atomic E-state index is 10.8. The van der Waals surface area contributed by atoms with Gasteiger partial charge in [0.1, 0.15) is 122 Å². The van der Waals surface area contributed by atoms with E-state index in [-0.39, 0.29) is 26.4 Å². The molecule has 0 aromatic heterocycles. The summed E-state index contributed by atoms with van der Waals surface area (Å²) < 4.78 is 141. The number of aliphatic hydroxyl groups excluding tert-OH is 2. The van der Waals surface area contributed by atoms with Crippen LogP contribution in [0.5, 0.6) is 0 Å². The van der Waals surface area contributed by atoms with Crippen LogP contribution in [-0.4, -0.2) is 289 Å². The Bertz CT molecular complexity index is 1440. The van der Waals surface area contributed by atoms with Crippen molar-refractivity contribution < 1.29 is 119 Å². The largest absolute Gasteiger partial charge is 0.394 e. The first kappa shape index (κ1) is 56.3. The van der Waals surface area contributed by atoms with Crippen LogP contribution in [0.4, 0.5) is 0 Å². The monoisotopic (exact) mass is 992 g/mol. The Morgan fingerprint density at radius 2 is 0.662 bits per heavy atom. The van der Waals surface area contributed by atoms with Crippen molar-refractivity contribution in [2.75, 3.05) is 125 Å². The molecule has 25 atom stereocenters. The maximum absolute atomic E-state index is 10.8. The van der Waals surface area contributed by atoms with Crippen LogP contribution in [0, 0.1) is 0 Å². The second kappa shape index (κ2) is 26.8. The highest BCUT2D eigenvalue weighted by atomic mass is 16.8. The van der Waals surface area contributed by atoms with Crippen molar-refractivity contribution in [3.63, 3.8) is 0 Å². The van der Waals surface area contributed by atoms with Gasteiger partial charge >= 0.3 is 0 Å². The Labute approximate surface area is 397 Å². The smallest absolute Gasteiger partial charge is 0.187 e. The molecule has 25 heteroatoms. The second-order valence-corrected chi connectivity index (χ2v) is 17.0. The average molecular weight is 993 g/mol. The van der Waals surface area contributed by atoms with E-state index < -0.39 is 160 Å². The van der Waals surface area contributed by atoms with Gasteiger partial charge in [-0.3, -0.25) is 0 Å². The Balaban J connectivity index is 1.23. The number of rotatable bonds is 25. The summed E-state index contributed by atoms with van der Waals surface area (Å²) in [5.41, 5.74) is 0. The van der Waals surface area contributed by atoms with Crippen LogP contribution in [0.25, 0.3) is 0 Å². The van der Waals surface area contributed by atoms with E-state index in [9.17, 15) is 10.2 Å². The number of hydrogen-bond acceptors (Lipinski definition) is 25. The molecule has 6 aliphatic heterocycles. The molecule has 10 unspecified atom stereocenters. The quantitative estimate of drug-likeness (QED) is 0.0969. The van der Waals surface area contributed by atoms with Gasteiger partial charge in [0.15, 0.2) is 31.5 Å². The molecular weight excluding hydrogens is 916 g/mol. The Hall–Kier alpha value is -1.00. The summed E-state index contributed by atoms with van der Waals surface area (Å²) in [6.07, 6.45) is -22.0. The van der Waals surface area contributed by atoms with Crippen molar-refractivity contribution in [3.8, 4) is 0 Å². The summed E-state index contributed by atoms with van der Waals surface area (Å²) in [5, 5.41) is 20.9. The van der Waals surface area contributed by atoms with Gasteiger partial charge in [0.25, 0.3) is 0 Å². The van der Waals surface area contributed by atoms with Crippen molar-refractivity contribution in [2.24, 2.45) is 0 Å². The molecule has 6 aliphatic rings. The van der Waals surface area contributed by atoms with Crippen LogP contribution >= 0.6 is 0 Å². The Morgan fingerprint density at radius 3 is 0.985 bits per heavy atom. The minimum Gasteiger partial charge on any atom is -0.394 e. The normalized spacial score (nSPS) is 46.5. The van der Waals surface area contributed by atoms with Crippen LogP contribution in [0.15, 0.2) is 0 Å². The van der Waals surface area contributed by atoms with E-state index in [0.29, 0.717) is 0 Å². The molecular formula is C43H76O25. The zero-order chi connectivity index (χ0) is 49.2. The summed E-state index contributed by atoms with van der Waals surface area (Å²) in [6.45, 7) is -0.183. The third-order valence-corrected chi connectivity index (χ3v) is 13.5. The first-order valence-electron chi connectivity index (χ1n) is 22.6. The number of hydrogen-bond donors (Lipinski definition) is 2. The van der Waals surface area contributed by atoms with Gasteiger partial charge in [0, 0.05) is 92.4 Å². The van der Waals surface area contributed by atoms with E-state index in [1.54, 1.807) is 14.2 Å². The summed E-state index contributed by atoms with van der Waals surface area (Å²) in [7, 11) is 19.6. The fourth-order valence-corrected chi connectivity index (χ4v) is 10.2. The van der Waals surface area contributed by atoms with Gasteiger partial charge in [0.2, 0.25) is 0 Å². The lowest BCUT2D eigenvalue weighted by Crippen LogP contribution is -2.69. The van der Waals surface area contributed by atoms with E-state index in [1.165, 1.54) is 78.2 Å². The molecule has 2 bridgehead atoms. The number of ether oxygens (including phenoxy) is 23. The fraction of sp³-hybridized carbons (Fsp3) is 1.00. The lowest BCUT2D eigenvalue weighted by atomic mass is 9.95. The van der Waals surface area contributed by atoms with Crippen LogP contribution in [0.1, 0.15) is 0 Å². The second-order valence-electron chi connectivity index (χ2n) is 17.0. The van der Waals surface area contributed by atoms with Gasteiger partial charge in [0.05, 0.1) is 33.0 Å². The topological polar surface area (TPSA) is 253 Å². The van der Waals surface area contributed by atoms with Crippen LogP contribution in [0.3, 0.4) is 0 Å². The first-order valence-corrected chi connectivity index (χ1v) is 22.6. The van der Waals surface area contributed by atoms with Gasteiger partial charge in [-0.2, -0.15) is 0 Å². The van der Waals surface area contributed by atoms with E-state index in [1.807, 2.05) is 0 Å². The molecule has 6 saturated heterocycles. The lowest BCUT2D eigenvalue weighted by molar-refractivity contribution is -0.397. The number of fused-ring (bicyclic) bond motifs is 2. The standard InChI is InChI=1S/C43H76O25/c1-46-15-20-25(65-40-34(54-9)29(49-4)24(45)19(14-44)60-40)31(51-6)36(56-11)41(62-20)66-26-21(16-47-2)63-42(37(57-12)32(26)52-7)67-27-22(17-48-3)64-43(38(58-13)33(27)53-8)68-28-23-18-59-39(61-23)35(55-10)30(28)50-5/h19-45H,14-18H2,1-13H3/t19-,20-,21?,22?,23-,24+,25+,26+,27+,28+,29?,30?,31?,32?,33?,34?,35?,36?,37-,38-,39+,40+,41-,42-,43-/m0/s1. The molecule has 0 aromatic rings. The van der Waals surface area contributed by atoms with E-state index >= 15 is 0 Å². The summed E-state index contributed by atoms with van der Waals surface area (Å²) >= 11 is 0. The number of aliphatic hydroxyl groups is 2. The third kappa shape index (κ3) is 11.7. The van der Waals surface area contributed by atoms with Crippen LogP contribution in [-0.2, 0) is 109 Å². The predicted molar refractivity (Wildman–Crippen MR) is 225 cm³/mol. The van der Waals surface area contributed by atoms with Gasteiger partial charge in [-0.15, -0.1) is 0 Å². The van der Waals surface area contributed by atoms with Crippen LogP contribution in [0.2, 0.25) is 0 Å². The van der Waals surface area contributed by atoms with Crippen molar-refractivity contribution >= 4 is 0 Å². The molecule has 0 aromatic carbocycles. The third-order valence-electron chi connectivity index (χ3n) is 13.5. The Kier molecular flexibility index (Phi) is 22.2. The Morgan fingerprint density at radius 1 is 0.353 bits per heavy atom. The van der Waals surface area contributed by atoms with Gasteiger partial charge in [-0.25, -0.2) is 0 Å². The van der Waals surface area contributed by atoms with E-state index in [4.69, 9.17) is 109 Å². The van der Waals surface area contributed by atoms with Crippen molar-refractivity contribution in [1.29, 1.82) is 0 Å². The molecule has 0 amide bonds. The molecule has 0 aliphatic carbocycles. The maximum Gasteiger partial charge on any atom is 0.187 e. The summed E-state index contributed by atoms with van der Waals surface area (Å²) in [4.78, 5) is 0. The lowest BCUT2D eigenvalue weighted by Gasteiger charge is -2.52. The molecule has 6 fully saturated rings. The minimum atomic E-state index is -1.20. The minimum absolute atomic E-state index is 0.00357. The molecule has 6 rings (SSSR count). The van der Waals surface area contributed by atoms with Crippen molar-refractivity contribution in [3.05, 3.63) is 0 Å². The van der Waals surface area contributed by atoms with Gasteiger partial charge < -0.3 is 119 Å².